The van der Waals surface area contributed by atoms with Crippen LogP contribution >= 0.6 is 11.3 Å². The number of hydrogen-bond donors (Lipinski definition) is 2. The molecule has 9 nitrogen and oxygen atoms in total. The number of carbonyl (C=O) groups excluding carboxylic acids is 2. The van der Waals surface area contributed by atoms with Crippen molar-refractivity contribution in [3.05, 3.63) is 34.3 Å². The van der Waals surface area contributed by atoms with Crippen molar-refractivity contribution in [3.8, 4) is 5.75 Å². The van der Waals surface area contributed by atoms with Crippen LogP contribution in [0.15, 0.2) is 24.3 Å². The van der Waals surface area contributed by atoms with Crippen LogP contribution in [0.4, 0.5) is 5.69 Å². The van der Waals surface area contributed by atoms with Crippen molar-refractivity contribution < 1.29 is 19.1 Å². The number of anilines is 1. The van der Waals surface area contributed by atoms with Gasteiger partial charge in [0, 0.05) is 31.9 Å². The maximum Gasteiger partial charge on any atom is 0.286 e. The largest absolute Gasteiger partial charge is 0.497 e. The SMILES string of the molecule is COc1ccc(NC(=O)c2nnc(C(=O)NCCN3CCOCC3)s2)cc1. The Morgan fingerprint density at radius 3 is 2.48 bits per heavy atom. The summed E-state index contributed by atoms with van der Waals surface area (Å²) >= 11 is 0.957. The number of rotatable bonds is 7. The molecule has 2 amide bonds. The third-order valence-electron chi connectivity index (χ3n) is 3.98. The van der Waals surface area contributed by atoms with Gasteiger partial charge in [0.1, 0.15) is 5.75 Å². The van der Waals surface area contributed by atoms with Crippen molar-refractivity contribution in [2.75, 3.05) is 51.8 Å². The molecule has 0 atom stereocenters. The second-order valence-corrected chi connectivity index (χ2v) is 6.78. The quantitative estimate of drug-likeness (QED) is 0.721. The van der Waals surface area contributed by atoms with E-state index in [4.69, 9.17) is 9.47 Å². The van der Waals surface area contributed by atoms with Gasteiger partial charge in [0.25, 0.3) is 11.8 Å². The zero-order valence-corrected chi connectivity index (χ0v) is 15.8. The van der Waals surface area contributed by atoms with E-state index in [2.05, 4.69) is 25.7 Å². The lowest BCUT2D eigenvalue weighted by molar-refractivity contribution is 0.0383. The van der Waals surface area contributed by atoms with Crippen molar-refractivity contribution in [2.45, 2.75) is 0 Å². The highest BCUT2D eigenvalue weighted by molar-refractivity contribution is 7.15. The molecule has 0 radical (unpaired) electrons. The van der Waals surface area contributed by atoms with Gasteiger partial charge >= 0.3 is 0 Å². The number of morpholine rings is 1. The minimum absolute atomic E-state index is 0.129. The molecule has 1 aliphatic heterocycles. The highest BCUT2D eigenvalue weighted by Crippen LogP contribution is 2.17. The van der Waals surface area contributed by atoms with E-state index < -0.39 is 5.91 Å². The Bertz CT molecular complexity index is 774. The standard InChI is InChI=1S/C17H21N5O4S/c1-25-13-4-2-12(3-5-13)19-15(24)17-21-20-16(27-17)14(23)18-6-7-22-8-10-26-11-9-22/h2-5H,6-11H2,1H3,(H,18,23)(H,19,24). The van der Waals surface area contributed by atoms with E-state index in [1.165, 1.54) is 0 Å². The highest BCUT2D eigenvalue weighted by Gasteiger charge is 2.18. The number of carbonyl (C=O) groups is 2. The average Bonchev–Trinajstić information content (AvgIpc) is 3.20. The predicted molar refractivity (Wildman–Crippen MR) is 100 cm³/mol. The number of methoxy groups -OCH3 is 1. The summed E-state index contributed by atoms with van der Waals surface area (Å²) in [7, 11) is 1.57. The van der Waals surface area contributed by atoms with E-state index in [0.717, 1.165) is 44.2 Å². The zero-order chi connectivity index (χ0) is 19.1. The van der Waals surface area contributed by atoms with Crippen LogP contribution in [0.3, 0.4) is 0 Å². The van der Waals surface area contributed by atoms with Crippen LogP contribution in [-0.2, 0) is 4.74 Å². The number of aromatic nitrogens is 2. The van der Waals surface area contributed by atoms with Crippen molar-refractivity contribution in [1.29, 1.82) is 0 Å². The molecule has 2 N–H and O–H groups in total. The van der Waals surface area contributed by atoms with Crippen molar-refractivity contribution in [2.24, 2.45) is 0 Å². The topological polar surface area (TPSA) is 106 Å². The van der Waals surface area contributed by atoms with Crippen LogP contribution in [0.5, 0.6) is 5.75 Å². The molecule has 1 saturated heterocycles. The normalized spacial score (nSPS) is 14.6. The number of hydrogen-bond acceptors (Lipinski definition) is 8. The van der Waals surface area contributed by atoms with Crippen LogP contribution in [0.25, 0.3) is 0 Å². The van der Waals surface area contributed by atoms with Crippen molar-refractivity contribution in [3.63, 3.8) is 0 Å². The zero-order valence-electron chi connectivity index (χ0n) is 14.9. The van der Waals surface area contributed by atoms with Crippen LogP contribution in [0.2, 0.25) is 0 Å². The number of amides is 2. The summed E-state index contributed by atoms with van der Waals surface area (Å²) in [5.41, 5.74) is 0.604. The average molecular weight is 391 g/mol. The highest BCUT2D eigenvalue weighted by atomic mass is 32.1. The van der Waals surface area contributed by atoms with Gasteiger partial charge < -0.3 is 20.1 Å². The molecule has 2 heterocycles. The lowest BCUT2D eigenvalue weighted by Gasteiger charge is -2.26. The fraction of sp³-hybridized carbons (Fsp3) is 0.412. The molecule has 144 valence electrons. The van der Waals surface area contributed by atoms with Crippen molar-refractivity contribution >= 4 is 28.8 Å². The second kappa shape index (κ2) is 9.40. The Morgan fingerprint density at radius 1 is 1.15 bits per heavy atom. The van der Waals surface area contributed by atoms with Gasteiger partial charge in [0.05, 0.1) is 20.3 Å². The molecular weight excluding hydrogens is 370 g/mol. The molecule has 0 saturated carbocycles. The van der Waals surface area contributed by atoms with Crippen LogP contribution < -0.4 is 15.4 Å². The Morgan fingerprint density at radius 2 is 1.81 bits per heavy atom. The van der Waals surface area contributed by atoms with E-state index in [1.54, 1.807) is 31.4 Å². The second-order valence-electron chi connectivity index (χ2n) is 5.80. The number of ether oxygens (including phenoxy) is 2. The number of benzene rings is 1. The van der Waals surface area contributed by atoms with Gasteiger partial charge in [-0.15, -0.1) is 10.2 Å². The Balaban J connectivity index is 1.48. The van der Waals surface area contributed by atoms with E-state index in [0.29, 0.717) is 18.0 Å². The molecule has 0 bridgehead atoms. The van der Waals surface area contributed by atoms with E-state index >= 15 is 0 Å². The van der Waals surface area contributed by atoms with Crippen LogP contribution in [0, 0.1) is 0 Å². The fourth-order valence-corrected chi connectivity index (χ4v) is 3.15. The third kappa shape index (κ3) is 5.46. The molecule has 3 rings (SSSR count). The molecule has 10 heteroatoms. The Hall–Kier alpha value is -2.56. The van der Waals surface area contributed by atoms with Gasteiger partial charge in [-0.3, -0.25) is 14.5 Å². The number of nitrogens with one attached hydrogen (secondary N) is 2. The van der Waals surface area contributed by atoms with E-state index in [9.17, 15) is 9.59 Å². The lowest BCUT2D eigenvalue weighted by Crippen LogP contribution is -2.41. The first-order chi connectivity index (χ1) is 13.2. The molecule has 0 spiro atoms. The first-order valence-corrected chi connectivity index (χ1v) is 9.34. The molecule has 1 aromatic heterocycles. The maximum absolute atomic E-state index is 12.2. The summed E-state index contributed by atoms with van der Waals surface area (Å²) in [5, 5.41) is 13.4. The van der Waals surface area contributed by atoms with Crippen LogP contribution in [-0.4, -0.2) is 73.4 Å². The lowest BCUT2D eigenvalue weighted by atomic mass is 10.3. The molecule has 1 fully saturated rings. The monoisotopic (exact) mass is 391 g/mol. The fourth-order valence-electron chi connectivity index (χ4n) is 2.49. The third-order valence-corrected chi connectivity index (χ3v) is 4.90. The van der Waals surface area contributed by atoms with Gasteiger partial charge in [-0.2, -0.15) is 0 Å². The molecule has 1 aliphatic rings. The van der Waals surface area contributed by atoms with E-state index in [1.807, 2.05) is 0 Å². The maximum atomic E-state index is 12.2. The van der Waals surface area contributed by atoms with Crippen molar-refractivity contribution in [1.82, 2.24) is 20.4 Å². The van der Waals surface area contributed by atoms with E-state index in [-0.39, 0.29) is 15.9 Å². The van der Waals surface area contributed by atoms with Gasteiger partial charge in [0.2, 0.25) is 10.0 Å². The Labute approximate surface area is 160 Å². The van der Waals surface area contributed by atoms with Gasteiger partial charge in [-0.25, -0.2) is 0 Å². The summed E-state index contributed by atoms with van der Waals surface area (Å²) in [6, 6.07) is 6.92. The molecule has 0 aliphatic carbocycles. The Kier molecular flexibility index (Phi) is 6.69. The van der Waals surface area contributed by atoms with Gasteiger partial charge in [0.15, 0.2) is 0 Å². The number of nitrogens with zero attached hydrogens (tertiary/aromatic N) is 3. The summed E-state index contributed by atoms with van der Waals surface area (Å²) in [5.74, 6) is -0.0470. The summed E-state index contributed by atoms with van der Waals surface area (Å²) in [4.78, 5) is 26.6. The minimum atomic E-state index is -0.412. The summed E-state index contributed by atoms with van der Waals surface area (Å²) < 4.78 is 10.4. The molecular formula is C17H21N5O4S. The smallest absolute Gasteiger partial charge is 0.286 e. The summed E-state index contributed by atoms with van der Waals surface area (Å²) in [6.07, 6.45) is 0. The summed E-state index contributed by atoms with van der Waals surface area (Å²) in [6.45, 7) is 4.42. The molecule has 2 aromatic rings. The van der Waals surface area contributed by atoms with Gasteiger partial charge in [-0.1, -0.05) is 11.3 Å². The van der Waals surface area contributed by atoms with Gasteiger partial charge in [-0.05, 0) is 24.3 Å². The minimum Gasteiger partial charge on any atom is -0.497 e. The van der Waals surface area contributed by atoms with Crippen LogP contribution in [0.1, 0.15) is 19.6 Å². The molecule has 0 unspecified atom stereocenters. The first kappa shape index (κ1) is 19.2. The molecule has 1 aromatic carbocycles. The first-order valence-electron chi connectivity index (χ1n) is 8.53. The predicted octanol–water partition coefficient (Wildman–Crippen LogP) is 0.861. The molecule has 27 heavy (non-hydrogen) atoms.